The summed E-state index contributed by atoms with van der Waals surface area (Å²) in [6.45, 7) is 0. The third-order valence-electron chi connectivity index (χ3n) is 3.39. The molecule has 3 aromatic rings. The van der Waals surface area contributed by atoms with Crippen LogP contribution in [-0.2, 0) is 0 Å². The Balaban J connectivity index is 2.13. The highest BCUT2D eigenvalue weighted by molar-refractivity contribution is 7.98. The monoisotopic (exact) mass is 370 g/mol. The van der Waals surface area contributed by atoms with Crippen LogP contribution in [0.3, 0.4) is 0 Å². The van der Waals surface area contributed by atoms with Crippen molar-refractivity contribution < 1.29 is 4.39 Å². The highest BCUT2D eigenvalue weighted by Crippen LogP contribution is 2.30. The maximum absolute atomic E-state index is 13.2. The standard InChI is InChI=1S/C18H12ClFN4S/c1-25-18-23-16(11-5-7-13(20)8-6-11)15(10-21)17(24-18)22-14-4-2-3-12(19)9-14/h2-9H,1H3,(H,22,23,24). The van der Waals surface area contributed by atoms with Gasteiger partial charge in [0.2, 0.25) is 0 Å². The topological polar surface area (TPSA) is 61.6 Å². The van der Waals surface area contributed by atoms with Crippen molar-refractivity contribution in [2.24, 2.45) is 0 Å². The van der Waals surface area contributed by atoms with Crippen LogP contribution in [0.25, 0.3) is 11.3 Å². The van der Waals surface area contributed by atoms with Crippen molar-refractivity contribution in [2.45, 2.75) is 5.16 Å². The Labute approximate surface area is 153 Å². The van der Waals surface area contributed by atoms with Crippen molar-refractivity contribution in [3.05, 3.63) is 64.9 Å². The second-order valence-corrected chi connectivity index (χ2v) is 6.25. The molecule has 0 atom stereocenters. The summed E-state index contributed by atoms with van der Waals surface area (Å²) in [5, 5.41) is 13.8. The number of rotatable bonds is 4. The van der Waals surface area contributed by atoms with Crippen LogP contribution in [-0.4, -0.2) is 16.2 Å². The summed E-state index contributed by atoms with van der Waals surface area (Å²) in [6.07, 6.45) is 1.85. The van der Waals surface area contributed by atoms with Gasteiger partial charge >= 0.3 is 0 Å². The molecule has 1 aromatic heterocycles. The van der Waals surface area contributed by atoms with Gasteiger partial charge in [0.1, 0.15) is 17.4 Å². The maximum atomic E-state index is 13.2. The Morgan fingerprint density at radius 2 is 1.92 bits per heavy atom. The molecule has 0 amide bonds. The number of halogens is 2. The lowest BCUT2D eigenvalue weighted by Gasteiger charge is -2.12. The third-order valence-corrected chi connectivity index (χ3v) is 4.17. The van der Waals surface area contributed by atoms with Crippen molar-refractivity contribution in [2.75, 3.05) is 11.6 Å². The van der Waals surface area contributed by atoms with E-state index in [2.05, 4.69) is 21.4 Å². The Bertz CT molecular complexity index is 954. The van der Waals surface area contributed by atoms with Crippen LogP contribution in [0.2, 0.25) is 5.02 Å². The van der Waals surface area contributed by atoms with Gasteiger partial charge in [-0.15, -0.1) is 0 Å². The molecule has 2 aromatic carbocycles. The highest BCUT2D eigenvalue weighted by atomic mass is 35.5. The van der Waals surface area contributed by atoms with E-state index in [4.69, 9.17) is 11.6 Å². The van der Waals surface area contributed by atoms with Crippen molar-refractivity contribution in [3.63, 3.8) is 0 Å². The molecule has 0 aliphatic rings. The first-order valence-electron chi connectivity index (χ1n) is 7.25. The molecule has 7 heteroatoms. The number of anilines is 2. The summed E-state index contributed by atoms with van der Waals surface area (Å²) in [6, 6.07) is 15.1. The van der Waals surface area contributed by atoms with Gasteiger partial charge in [0.15, 0.2) is 11.0 Å². The molecule has 0 fully saturated rings. The molecule has 0 spiro atoms. The Kier molecular flexibility index (Phi) is 5.17. The first kappa shape index (κ1) is 17.2. The molecule has 0 unspecified atom stereocenters. The minimum absolute atomic E-state index is 0.282. The van der Waals surface area contributed by atoms with E-state index in [1.807, 2.05) is 12.3 Å². The average molecular weight is 371 g/mol. The zero-order chi connectivity index (χ0) is 17.8. The molecule has 0 aliphatic carbocycles. The van der Waals surface area contributed by atoms with E-state index in [0.29, 0.717) is 32.9 Å². The maximum Gasteiger partial charge on any atom is 0.189 e. The first-order valence-corrected chi connectivity index (χ1v) is 8.85. The van der Waals surface area contributed by atoms with Gasteiger partial charge in [-0.2, -0.15) is 5.26 Å². The molecule has 4 nitrogen and oxygen atoms in total. The Hall–Kier alpha value is -2.62. The van der Waals surface area contributed by atoms with Gasteiger partial charge in [-0.25, -0.2) is 14.4 Å². The molecule has 0 radical (unpaired) electrons. The van der Waals surface area contributed by atoms with E-state index in [0.717, 1.165) is 0 Å². The van der Waals surface area contributed by atoms with Crippen LogP contribution in [0.1, 0.15) is 5.56 Å². The zero-order valence-corrected chi connectivity index (χ0v) is 14.7. The van der Waals surface area contributed by atoms with Gasteiger partial charge < -0.3 is 5.32 Å². The van der Waals surface area contributed by atoms with Crippen molar-refractivity contribution in [1.29, 1.82) is 5.26 Å². The van der Waals surface area contributed by atoms with Crippen molar-refractivity contribution >= 4 is 34.9 Å². The summed E-state index contributed by atoms with van der Waals surface area (Å²) < 4.78 is 13.2. The van der Waals surface area contributed by atoms with Crippen LogP contribution >= 0.6 is 23.4 Å². The normalized spacial score (nSPS) is 10.3. The van der Waals surface area contributed by atoms with Crippen molar-refractivity contribution in [3.8, 4) is 17.3 Å². The lowest BCUT2D eigenvalue weighted by Crippen LogP contribution is -2.03. The van der Waals surface area contributed by atoms with Crippen LogP contribution in [0.15, 0.2) is 53.7 Å². The number of aromatic nitrogens is 2. The highest BCUT2D eigenvalue weighted by Gasteiger charge is 2.16. The quantitative estimate of drug-likeness (QED) is 0.500. The van der Waals surface area contributed by atoms with E-state index in [1.165, 1.54) is 23.9 Å². The fourth-order valence-corrected chi connectivity index (χ4v) is 2.80. The van der Waals surface area contributed by atoms with Crippen LogP contribution in [0.4, 0.5) is 15.9 Å². The molecule has 3 rings (SSSR count). The molecule has 0 saturated carbocycles. The van der Waals surface area contributed by atoms with Crippen molar-refractivity contribution in [1.82, 2.24) is 9.97 Å². The molecule has 1 N–H and O–H groups in total. The summed E-state index contributed by atoms with van der Waals surface area (Å²) in [5.74, 6) is 0.0297. The number of thioether (sulfide) groups is 1. The predicted molar refractivity (Wildman–Crippen MR) is 98.7 cm³/mol. The number of nitrogens with one attached hydrogen (secondary N) is 1. The molecule has 0 saturated heterocycles. The number of nitrogens with zero attached hydrogens (tertiary/aromatic N) is 3. The van der Waals surface area contributed by atoms with Gasteiger partial charge in [-0.05, 0) is 48.7 Å². The number of nitriles is 1. The van der Waals surface area contributed by atoms with E-state index in [-0.39, 0.29) is 11.4 Å². The van der Waals surface area contributed by atoms with E-state index in [9.17, 15) is 9.65 Å². The minimum atomic E-state index is -0.348. The first-order chi connectivity index (χ1) is 12.1. The lowest BCUT2D eigenvalue weighted by molar-refractivity contribution is 0.628. The molecular weight excluding hydrogens is 359 g/mol. The van der Waals surface area contributed by atoms with Gasteiger partial charge in [-0.1, -0.05) is 29.4 Å². The fourth-order valence-electron chi connectivity index (χ4n) is 2.25. The lowest BCUT2D eigenvalue weighted by atomic mass is 10.1. The molecule has 124 valence electrons. The van der Waals surface area contributed by atoms with E-state index >= 15 is 0 Å². The fraction of sp³-hybridized carbons (Fsp3) is 0.0556. The number of hydrogen-bond donors (Lipinski definition) is 1. The molecule has 1 heterocycles. The van der Waals surface area contributed by atoms with Crippen LogP contribution in [0.5, 0.6) is 0 Å². The average Bonchev–Trinajstić information content (AvgIpc) is 2.61. The summed E-state index contributed by atoms with van der Waals surface area (Å²) >= 11 is 7.36. The number of hydrogen-bond acceptors (Lipinski definition) is 5. The molecular formula is C18H12ClFN4S. The van der Waals surface area contributed by atoms with Gasteiger partial charge in [0.05, 0.1) is 5.69 Å². The molecule has 0 bridgehead atoms. The van der Waals surface area contributed by atoms with Crippen LogP contribution in [0, 0.1) is 17.1 Å². The van der Waals surface area contributed by atoms with Gasteiger partial charge in [0.25, 0.3) is 0 Å². The SMILES string of the molecule is CSc1nc(Nc2cccc(Cl)c2)c(C#N)c(-c2ccc(F)cc2)n1. The predicted octanol–water partition coefficient (Wildman–Crippen LogP) is 5.27. The summed E-state index contributed by atoms with van der Waals surface area (Å²) in [4.78, 5) is 8.81. The van der Waals surface area contributed by atoms with Gasteiger partial charge in [-0.3, -0.25) is 0 Å². The van der Waals surface area contributed by atoms with E-state index < -0.39 is 0 Å². The van der Waals surface area contributed by atoms with Crippen LogP contribution < -0.4 is 5.32 Å². The zero-order valence-electron chi connectivity index (χ0n) is 13.1. The smallest absolute Gasteiger partial charge is 0.189 e. The summed E-state index contributed by atoms with van der Waals surface area (Å²) in [5.41, 5.74) is 2.08. The largest absolute Gasteiger partial charge is 0.339 e. The van der Waals surface area contributed by atoms with Gasteiger partial charge in [0, 0.05) is 16.3 Å². The van der Waals surface area contributed by atoms with E-state index in [1.54, 1.807) is 30.3 Å². The Morgan fingerprint density at radius 3 is 2.56 bits per heavy atom. The molecule has 0 aliphatic heterocycles. The second kappa shape index (κ2) is 7.51. The summed E-state index contributed by atoms with van der Waals surface area (Å²) in [7, 11) is 0. The molecule has 25 heavy (non-hydrogen) atoms. The number of benzene rings is 2. The second-order valence-electron chi connectivity index (χ2n) is 5.04. The Morgan fingerprint density at radius 1 is 1.16 bits per heavy atom. The third kappa shape index (κ3) is 3.90. The minimum Gasteiger partial charge on any atom is -0.339 e.